The molecule has 2 aromatic carbocycles. The van der Waals surface area contributed by atoms with Crippen LogP contribution in [0.4, 0.5) is 5.69 Å². The minimum atomic E-state index is -0.731. The fourth-order valence-corrected chi connectivity index (χ4v) is 2.35. The molecule has 0 atom stereocenters. The molecule has 0 aliphatic rings. The number of hydrogen-bond acceptors (Lipinski definition) is 4. The van der Waals surface area contributed by atoms with E-state index in [0.717, 1.165) is 11.1 Å². The van der Waals surface area contributed by atoms with Gasteiger partial charge in [-0.05, 0) is 43.2 Å². The van der Waals surface area contributed by atoms with Crippen LogP contribution in [0.25, 0.3) is 0 Å². The highest BCUT2D eigenvalue weighted by molar-refractivity contribution is 6.01. The molecule has 0 bridgehead atoms. The molecule has 0 fully saturated rings. The third-order valence-corrected chi connectivity index (χ3v) is 3.54. The Morgan fingerprint density at radius 2 is 1.48 bits per heavy atom. The number of para-hydroxylation sites is 1. The number of hydrogen-bond donors (Lipinski definition) is 3. The molecular formula is C18H19N3O4. The average Bonchev–Trinajstić information content (AvgIpc) is 2.54. The Hall–Kier alpha value is -3.35. The molecule has 5 N–H and O–H groups in total. The number of nitrogens with one attached hydrogen (secondary N) is 1. The van der Waals surface area contributed by atoms with Crippen LogP contribution >= 0.6 is 0 Å². The quantitative estimate of drug-likeness (QED) is 0.736. The normalized spacial score (nSPS) is 10.2. The van der Waals surface area contributed by atoms with Crippen molar-refractivity contribution in [3.05, 3.63) is 58.7 Å². The van der Waals surface area contributed by atoms with Crippen molar-refractivity contribution in [1.82, 2.24) is 0 Å². The smallest absolute Gasteiger partial charge is 0.262 e. The lowest BCUT2D eigenvalue weighted by atomic mass is 10.1. The van der Waals surface area contributed by atoms with Gasteiger partial charge in [-0.2, -0.15) is 0 Å². The number of amides is 3. The van der Waals surface area contributed by atoms with Gasteiger partial charge in [-0.25, -0.2) is 0 Å². The van der Waals surface area contributed by atoms with Gasteiger partial charge in [0.05, 0.1) is 0 Å². The summed E-state index contributed by atoms with van der Waals surface area (Å²) in [6, 6.07) is 9.68. The van der Waals surface area contributed by atoms with E-state index in [1.807, 2.05) is 32.0 Å². The SMILES string of the molecule is Cc1cccc(C)c1OCC(=O)Nc1cc(C(N)=O)cc(C(N)=O)c1. The van der Waals surface area contributed by atoms with Crippen molar-refractivity contribution >= 4 is 23.4 Å². The first-order valence-electron chi connectivity index (χ1n) is 7.51. The highest BCUT2D eigenvalue weighted by Crippen LogP contribution is 2.22. The van der Waals surface area contributed by atoms with Crippen LogP contribution in [0, 0.1) is 13.8 Å². The molecule has 0 aliphatic heterocycles. The molecule has 2 rings (SSSR count). The number of primary amides is 2. The zero-order valence-corrected chi connectivity index (χ0v) is 14.0. The maximum Gasteiger partial charge on any atom is 0.262 e. The summed E-state index contributed by atoms with van der Waals surface area (Å²) in [7, 11) is 0. The first kappa shape index (κ1) is 18.0. The van der Waals surface area contributed by atoms with Gasteiger partial charge in [0.15, 0.2) is 6.61 Å². The fraction of sp³-hybridized carbons (Fsp3) is 0.167. The highest BCUT2D eigenvalue weighted by Gasteiger charge is 2.12. The summed E-state index contributed by atoms with van der Waals surface area (Å²) < 4.78 is 5.56. The zero-order valence-electron chi connectivity index (χ0n) is 14.0. The van der Waals surface area contributed by atoms with Crippen LogP contribution in [0.5, 0.6) is 5.75 Å². The Morgan fingerprint density at radius 1 is 0.960 bits per heavy atom. The van der Waals surface area contributed by atoms with E-state index >= 15 is 0 Å². The molecular weight excluding hydrogens is 322 g/mol. The summed E-state index contributed by atoms with van der Waals surface area (Å²) in [4.78, 5) is 34.8. The number of aryl methyl sites for hydroxylation is 2. The number of rotatable bonds is 6. The maximum atomic E-state index is 12.1. The van der Waals surface area contributed by atoms with Gasteiger partial charge in [-0.3, -0.25) is 14.4 Å². The molecule has 0 aliphatic carbocycles. The minimum absolute atomic E-state index is 0.0715. The van der Waals surface area contributed by atoms with E-state index in [1.165, 1.54) is 18.2 Å². The van der Waals surface area contributed by atoms with E-state index in [1.54, 1.807) is 0 Å². The largest absolute Gasteiger partial charge is 0.483 e. The standard InChI is InChI=1S/C18H19N3O4/c1-10-4-3-5-11(2)16(10)25-9-15(22)21-14-7-12(17(19)23)6-13(8-14)18(20)24/h3-8H,9H2,1-2H3,(H2,19,23)(H2,20,24)(H,21,22). The molecule has 0 radical (unpaired) electrons. The third-order valence-electron chi connectivity index (χ3n) is 3.54. The van der Waals surface area contributed by atoms with E-state index < -0.39 is 17.7 Å². The van der Waals surface area contributed by atoms with Crippen molar-refractivity contribution in [3.8, 4) is 5.75 Å². The van der Waals surface area contributed by atoms with Crippen molar-refractivity contribution in [2.24, 2.45) is 11.5 Å². The first-order chi connectivity index (χ1) is 11.8. The molecule has 0 spiro atoms. The molecule has 3 amide bonds. The molecule has 0 saturated heterocycles. The van der Waals surface area contributed by atoms with E-state index in [4.69, 9.17) is 16.2 Å². The number of ether oxygens (including phenoxy) is 1. The Bertz CT molecular complexity index is 794. The molecule has 7 nitrogen and oxygen atoms in total. The Balaban J connectivity index is 2.12. The number of nitrogens with two attached hydrogens (primary N) is 2. The Labute approximate surface area is 145 Å². The van der Waals surface area contributed by atoms with E-state index in [0.29, 0.717) is 5.75 Å². The predicted molar refractivity (Wildman–Crippen MR) is 93.5 cm³/mol. The summed E-state index contributed by atoms with van der Waals surface area (Å²) >= 11 is 0. The van der Waals surface area contributed by atoms with Crippen LogP contribution in [0.2, 0.25) is 0 Å². The second-order valence-corrected chi connectivity index (χ2v) is 5.59. The Kier molecular flexibility index (Phi) is 5.38. The van der Waals surface area contributed by atoms with Crippen LogP contribution in [0.3, 0.4) is 0 Å². The Morgan fingerprint density at radius 3 is 1.96 bits per heavy atom. The van der Waals surface area contributed by atoms with Crippen LogP contribution in [0.1, 0.15) is 31.8 Å². The lowest BCUT2D eigenvalue weighted by molar-refractivity contribution is -0.118. The van der Waals surface area contributed by atoms with Gasteiger partial charge < -0.3 is 21.5 Å². The molecule has 0 unspecified atom stereocenters. The topological polar surface area (TPSA) is 125 Å². The van der Waals surface area contributed by atoms with Crippen molar-refractivity contribution in [2.75, 3.05) is 11.9 Å². The summed E-state index contributed by atoms with van der Waals surface area (Å²) in [5.41, 5.74) is 12.7. The molecule has 0 saturated carbocycles. The number of benzene rings is 2. The lowest BCUT2D eigenvalue weighted by Crippen LogP contribution is -2.22. The molecule has 130 valence electrons. The average molecular weight is 341 g/mol. The maximum absolute atomic E-state index is 12.1. The summed E-state index contributed by atoms with van der Waals surface area (Å²) in [6.45, 7) is 3.55. The zero-order chi connectivity index (χ0) is 18.6. The summed E-state index contributed by atoms with van der Waals surface area (Å²) in [6.07, 6.45) is 0. The molecule has 7 heteroatoms. The molecule has 0 heterocycles. The second-order valence-electron chi connectivity index (χ2n) is 5.59. The summed E-state index contributed by atoms with van der Waals surface area (Å²) in [5, 5.41) is 2.56. The third kappa shape index (κ3) is 4.57. The van der Waals surface area contributed by atoms with Crippen molar-refractivity contribution in [3.63, 3.8) is 0 Å². The second kappa shape index (κ2) is 7.48. The highest BCUT2D eigenvalue weighted by atomic mass is 16.5. The van der Waals surface area contributed by atoms with Gasteiger partial charge in [0, 0.05) is 16.8 Å². The predicted octanol–water partition coefficient (Wildman–Crippen LogP) is 1.52. The first-order valence-corrected chi connectivity index (χ1v) is 7.51. The van der Waals surface area contributed by atoms with Crippen molar-refractivity contribution < 1.29 is 19.1 Å². The molecule has 0 aromatic heterocycles. The van der Waals surface area contributed by atoms with Gasteiger partial charge in [0.2, 0.25) is 11.8 Å². The van der Waals surface area contributed by atoms with Gasteiger partial charge in [0.1, 0.15) is 5.75 Å². The number of carbonyl (C=O) groups excluding carboxylic acids is 3. The van der Waals surface area contributed by atoms with E-state index in [2.05, 4.69) is 5.32 Å². The molecule has 25 heavy (non-hydrogen) atoms. The van der Waals surface area contributed by atoms with E-state index in [9.17, 15) is 14.4 Å². The number of carbonyl (C=O) groups is 3. The van der Waals surface area contributed by atoms with Crippen LogP contribution in [0.15, 0.2) is 36.4 Å². The van der Waals surface area contributed by atoms with Gasteiger partial charge >= 0.3 is 0 Å². The van der Waals surface area contributed by atoms with Crippen LogP contribution in [-0.4, -0.2) is 24.3 Å². The molecule has 2 aromatic rings. The van der Waals surface area contributed by atoms with Crippen LogP contribution in [-0.2, 0) is 4.79 Å². The fourth-order valence-electron chi connectivity index (χ4n) is 2.35. The van der Waals surface area contributed by atoms with Gasteiger partial charge in [-0.15, -0.1) is 0 Å². The van der Waals surface area contributed by atoms with Crippen LogP contribution < -0.4 is 21.5 Å². The van der Waals surface area contributed by atoms with Crippen molar-refractivity contribution in [2.45, 2.75) is 13.8 Å². The minimum Gasteiger partial charge on any atom is -0.483 e. The van der Waals surface area contributed by atoms with Crippen molar-refractivity contribution in [1.29, 1.82) is 0 Å². The monoisotopic (exact) mass is 341 g/mol. The summed E-state index contributed by atoms with van der Waals surface area (Å²) in [5.74, 6) is -1.27. The lowest BCUT2D eigenvalue weighted by Gasteiger charge is -2.12. The van der Waals surface area contributed by atoms with Gasteiger partial charge in [0.25, 0.3) is 5.91 Å². The van der Waals surface area contributed by atoms with Gasteiger partial charge in [-0.1, -0.05) is 18.2 Å². The number of anilines is 1. The van der Waals surface area contributed by atoms with E-state index in [-0.39, 0.29) is 23.4 Å².